The number of hydrogen-bond donors (Lipinski definition) is 0. The molecule has 0 spiro atoms. The molecule has 0 aliphatic carbocycles. The Labute approximate surface area is 194 Å². The summed E-state index contributed by atoms with van der Waals surface area (Å²) in [6.45, 7) is 7.75. The molecule has 0 unspecified atom stereocenters. The van der Waals surface area contributed by atoms with Crippen LogP contribution in [0.15, 0.2) is 66.7 Å². The van der Waals surface area contributed by atoms with Gasteiger partial charge in [0, 0.05) is 11.8 Å². The second-order valence-electron chi connectivity index (χ2n) is 9.04. The van der Waals surface area contributed by atoms with Gasteiger partial charge in [0.2, 0.25) is 0 Å². The standard InChI is InChI=1S/C27H29N3O3/c1-19-28-29-25-24(26(31)33-27(2,3)4)23(32-18-21-13-9-6-10-14-21)17-22(30(19)25)16-15-20-11-7-5-8-12-20/h5-14,17H,15-16,18H2,1-4H3. The van der Waals surface area contributed by atoms with E-state index in [1.807, 2.05) is 86.7 Å². The minimum absolute atomic E-state index is 0.296. The average molecular weight is 444 g/mol. The van der Waals surface area contributed by atoms with E-state index in [1.54, 1.807) is 0 Å². The van der Waals surface area contributed by atoms with Gasteiger partial charge in [-0.25, -0.2) is 4.79 Å². The molecule has 0 N–H and O–H groups in total. The zero-order chi connectivity index (χ0) is 23.4. The van der Waals surface area contributed by atoms with Crippen molar-refractivity contribution in [2.45, 2.75) is 52.7 Å². The zero-order valence-corrected chi connectivity index (χ0v) is 19.5. The maximum absolute atomic E-state index is 13.2. The number of benzene rings is 2. The molecule has 6 nitrogen and oxygen atoms in total. The Kier molecular flexibility index (Phi) is 6.45. The number of pyridine rings is 1. The molecule has 2 aromatic carbocycles. The topological polar surface area (TPSA) is 65.7 Å². The lowest BCUT2D eigenvalue weighted by atomic mass is 10.1. The fourth-order valence-electron chi connectivity index (χ4n) is 3.74. The highest BCUT2D eigenvalue weighted by atomic mass is 16.6. The molecule has 0 radical (unpaired) electrons. The van der Waals surface area contributed by atoms with Gasteiger partial charge in [0.15, 0.2) is 5.65 Å². The summed E-state index contributed by atoms with van der Waals surface area (Å²) in [6, 6.07) is 22.1. The second-order valence-corrected chi connectivity index (χ2v) is 9.04. The lowest BCUT2D eigenvalue weighted by molar-refractivity contribution is 0.00671. The molecule has 6 heteroatoms. The molecule has 0 aliphatic rings. The summed E-state index contributed by atoms with van der Waals surface area (Å²) in [5, 5.41) is 8.59. The van der Waals surface area contributed by atoms with Crippen molar-refractivity contribution in [3.63, 3.8) is 0 Å². The predicted octanol–water partition coefficient (Wildman–Crippen LogP) is 5.36. The van der Waals surface area contributed by atoms with Crippen molar-refractivity contribution in [3.8, 4) is 5.75 Å². The van der Waals surface area contributed by atoms with Crippen molar-refractivity contribution in [1.82, 2.24) is 14.6 Å². The molecule has 2 heterocycles. The quantitative estimate of drug-likeness (QED) is 0.360. The summed E-state index contributed by atoms with van der Waals surface area (Å²) < 4.78 is 13.8. The fraction of sp³-hybridized carbons (Fsp3) is 0.296. The summed E-state index contributed by atoms with van der Waals surface area (Å²) >= 11 is 0. The lowest BCUT2D eigenvalue weighted by Crippen LogP contribution is -2.25. The summed E-state index contributed by atoms with van der Waals surface area (Å²) in [5.74, 6) is 0.695. The molecule has 0 saturated carbocycles. The number of carbonyl (C=O) groups excluding carboxylic acids is 1. The third-order valence-electron chi connectivity index (χ3n) is 5.23. The van der Waals surface area contributed by atoms with E-state index in [0.717, 1.165) is 24.1 Å². The number of aromatic nitrogens is 3. The third-order valence-corrected chi connectivity index (χ3v) is 5.23. The maximum Gasteiger partial charge on any atom is 0.346 e. The van der Waals surface area contributed by atoms with Gasteiger partial charge >= 0.3 is 5.97 Å². The predicted molar refractivity (Wildman–Crippen MR) is 128 cm³/mol. The molecule has 0 aliphatic heterocycles. The maximum atomic E-state index is 13.2. The van der Waals surface area contributed by atoms with Crippen molar-refractivity contribution < 1.29 is 14.3 Å². The normalized spacial score (nSPS) is 11.5. The number of nitrogens with zero attached hydrogens (tertiary/aromatic N) is 3. The number of hydrogen-bond acceptors (Lipinski definition) is 5. The first-order valence-corrected chi connectivity index (χ1v) is 11.1. The van der Waals surface area contributed by atoms with E-state index >= 15 is 0 Å². The Bertz CT molecular complexity index is 1240. The molecule has 33 heavy (non-hydrogen) atoms. The summed E-state index contributed by atoms with van der Waals surface area (Å²) in [5.41, 5.74) is 3.33. The van der Waals surface area contributed by atoms with Gasteiger partial charge in [-0.2, -0.15) is 0 Å². The highest BCUT2D eigenvalue weighted by Crippen LogP contribution is 2.29. The molecule has 0 fully saturated rings. The van der Waals surface area contributed by atoms with Crippen molar-refractivity contribution >= 4 is 11.6 Å². The number of fused-ring (bicyclic) bond motifs is 1. The van der Waals surface area contributed by atoms with Gasteiger partial charge < -0.3 is 9.47 Å². The number of carbonyl (C=O) groups is 1. The van der Waals surface area contributed by atoms with Crippen LogP contribution in [0.25, 0.3) is 5.65 Å². The highest BCUT2D eigenvalue weighted by molar-refractivity contribution is 5.99. The Morgan fingerprint density at radius 2 is 1.55 bits per heavy atom. The fourth-order valence-corrected chi connectivity index (χ4v) is 3.74. The van der Waals surface area contributed by atoms with Gasteiger partial charge in [0.25, 0.3) is 0 Å². The van der Waals surface area contributed by atoms with E-state index in [9.17, 15) is 4.79 Å². The van der Waals surface area contributed by atoms with Crippen LogP contribution in [0, 0.1) is 6.92 Å². The average Bonchev–Trinajstić information content (AvgIpc) is 3.17. The lowest BCUT2D eigenvalue weighted by Gasteiger charge is -2.21. The molecule has 0 saturated heterocycles. The first-order chi connectivity index (χ1) is 15.8. The van der Waals surface area contributed by atoms with Gasteiger partial charge in [0.05, 0.1) is 0 Å². The molecule has 170 valence electrons. The molecule has 0 amide bonds. The summed E-state index contributed by atoms with van der Waals surface area (Å²) in [4.78, 5) is 13.2. The van der Waals surface area contributed by atoms with Crippen molar-refractivity contribution in [1.29, 1.82) is 0 Å². The van der Waals surface area contributed by atoms with Crippen LogP contribution in [0.2, 0.25) is 0 Å². The molecular weight excluding hydrogens is 414 g/mol. The van der Waals surface area contributed by atoms with Crippen LogP contribution in [0.4, 0.5) is 0 Å². The SMILES string of the molecule is Cc1nnc2c(C(=O)OC(C)(C)C)c(OCc3ccccc3)cc(CCc3ccccc3)n12. The van der Waals surface area contributed by atoms with E-state index in [2.05, 4.69) is 22.3 Å². The smallest absolute Gasteiger partial charge is 0.346 e. The van der Waals surface area contributed by atoms with Crippen LogP contribution in [-0.4, -0.2) is 26.2 Å². The Morgan fingerprint density at radius 3 is 2.18 bits per heavy atom. The van der Waals surface area contributed by atoms with E-state index in [-0.39, 0.29) is 0 Å². The van der Waals surface area contributed by atoms with E-state index in [0.29, 0.717) is 29.4 Å². The third kappa shape index (κ3) is 5.40. The summed E-state index contributed by atoms with van der Waals surface area (Å²) in [7, 11) is 0. The number of ether oxygens (including phenoxy) is 2. The minimum atomic E-state index is -0.647. The molecule has 0 bridgehead atoms. The van der Waals surface area contributed by atoms with Crippen LogP contribution < -0.4 is 4.74 Å². The molecule has 0 atom stereocenters. The molecule has 4 rings (SSSR count). The van der Waals surface area contributed by atoms with Gasteiger partial charge in [-0.3, -0.25) is 4.40 Å². The number of aryl methyl sites for hydroxylation is 3. The number of esters is 1. The van der Waals surface area contributed by atoms with Gasteiger partial charge in [-0.1, -0.05) is 60.7 Å². The molecule has 4 aromatic rings. The Hall–Kier alpha value is -3.67. The Morgan fingerprint density at radius 1 is 0.909 bits per heavy atom. The molecule has 2 aromatic heterocycles. The van der Waals surface area contributed by atoms with Crippen LogP contribution >= 0.6 is 0 Å². The van der Waals surface area contributed by atoms with Crippen LogP contribution in [-0.2, 0) is 24.2 Å². The van der Waals surface area contributed by atoms with Crippen molar-refractivity contribution in [2.75, 3.05) is 0 Å². The Balaban J connectivity index is 1.76. The largest absolute Gasteiger partial charge is 0.488 e. The number of rotatable bonds is 7. The monoisotopic (exact) mass is 443 g/mol. The second kappa shape index (κ2) is 9.45. The first kappa shape index (κ1) is 22.5. The van der Waals surface area contributed by atoms with Crippen molar-refractivity contribution in [2.24, 2.45) is 0 Å². The van der Waals surface area contributed by atoms with Gasteiger partial charge in [0.1, 0.15) is 29.3 Å². The zero-order valence-electron chi connectivity index (χ0n) is 19.5. The van der Waals surface area contributed by atoms with Gasteiger partial charge in [-0.15, -0.1) is 10.2 Å². The summed E-state index contributed by atoms with van der Waals surface area (Å²) in [6.07, 6.45) is 1.59. The molecular formula is C27H29N3O3. The van der Waals surface area contributed by atoms with Crippen LogP contribution in [0.5, 0.6) is 5.75 Å². The first-order valence-electron chi connectivity index (χ1n) is 11.1. The highest BCUT2D eigenvalue weighted by Gasteiger charge is 2.27. The van der Waals surface area contributed by atoms with Crippen LogP contribution in [0.3, 0.4) is 0 Å². The van der Waals surface area contributed by atoms with E-state index in [1.165, 1.54) is 5.56 Å². The van der Waals surface area contributed by atoms with Gasteiger partial charge in [-0.05, 0) is 51.7 Å². The van der Waals surface area contributed by atoms with Crippen molar-refractivity contribution in [3.05, 3.63) is 94.9 Å². The van der Waals surface area contributed by atoms with E-state index in [4.69, 9.17) is 9.47 Å². The minimum Gasteiger partial charge on any atom is -0.488 e. The van der Waals surface area contributed by atoms with E-state index < -0.39 is 11.6 Å². The van der Waals surface area contributed by atoms with Crippen LogP contribution in [0.1, 0.15) is 53.8 Å².